The van der Waals surface area contributed by atoms with E-state index in [4.69, 9.17) is 14.2 Å². The van der Waals surface area contributed by atoms with Crippen molar-refractivity contribution in [3.05, 3.63) is 16.1 Å². The number of carbonyl (C=O) groups is 5. The molecular formula is C38H65N5O8S. The highest BCUT2D eigenvalue weighted by molar-refractivity contribution is 7.09. The Bertz CT molecular complexity index is 1330. The summed E-state index contributed by atoms with van der Waals surface area (Å²) in [5, 5.41) is 7.74. The molecule has 1 aliphatic heterocycles. The van der Waals surface area contributed by atoms with Crippen LogP contribution in [0, 0.1) is 17.8 Å². The van der Waals surface area contributed by atoms with Crippen LogP contribution in [0.1, 0.15) is 136 Å². The van der Waals surface area contributed by atoms with Crippen LogP contribution in [0.2, 0.25) is 0 Å². The fourth-order valence-corrected chi connectivity index (χ4v) is 7.16. The second kappa shape index (κ2) is 20.8. The highest BCUT2D eigenvalue weighted by atomic mass is 32.1. The summed E-state index contributed by atoms with van der Waals surface area (Å²) in [7, 11) is 3.21. The Balaban J connectivity index is 2.54. The summed E-state index contributed by atoms with van der Waals surface area (Å²) in [5.74, 6) is -2.18. The van der Waals surface area contributed by atoms with Gasteiger partial charge in [0.1, 0.15) is 22.7 Å². The average Bonchev–Trinajstić information content (AvgIpc) is 3.58. The van der Waals surface area contributed by atoms with E-state index in [1.54, 1.807) is 26.2 Å². The molecule has 0 spiro atoms. The van der Waals surface area contributed by atoms with Crippen LogP contribution in [0.5, 0.6) is 0 Å². The van der Waals surface area contributed by atoms with E-state index in [2.05, 4.69) is 20.5 Å². The van der Waals surface area contributed by atoms with Crippen LogP contribution in [0.15, 0.2) is 5.38 Å². The van der Waals surface area contributed by atoms with Gasteiger partial charge in [0.05, 0.1) is 13.2 Å². The summed E-state index contributed by atoms with van der Waals surface area (Å²) in [5.41, 5.74) is -0.705. The number of hydrogen-bond donors (Lipinski definition) is 2. The molecule has 0 bridgehead atoms. The number of carbonyl (C=O) groups excluding carboxylic acids is 5. The summed E-state index contributed by atoms with van der Waals surface area (Å²) >= 11 is 1.15. The minimum absolute atomic E-state index is 0.0729. The molecule has 14 heteroatoms. The second-order valence-corrected chi connectivity index (χ2v) is 16.3. The summed E-state index contributed by atoms with van der Waals surface area (Å²) in [6, 6.07) is -2.52. The lowest BCUT2D eigenvalue weighted by Crippen LogP contribution is -2.59. The highest BCUT2D eigenvalue weighted by Gasteiger charge is 2.40. The predicted octanol–water partition coefficient (Wildman–Crippen LogP) is 6.12. The Morgan fingerprint density at radius 3 is 2.17 bits per heavy atom. The number of thiazole rings is 1. The average molecular weight is 752 g/mol. The number of ether oxygens (including phenoxy) is 3. The Hall–Kier alpha value is -3.26. The number of piperidine rings is 1. The van der Waals surface area contributed by atoms with Crippen LogP contribution in [0.3, 0.4) is 0 Å². The molecule has 1 aromatic heterocycles. The monoisotopic (exact) mass is 751 g/mol. The lowest BCUT2D eigenvalue weighted by atomic mass is 9.91. The predicted molar refractivity (Wildman–Crippen MR) is 202 cm³/mol. The molecule has 0 saturated carbocycles. The van der Waals surface area contributed by atoms with Gasteiger partial charge in [0.15, 0.2) is 11.8 Å². The van der Waals surface area contributed by atoms with Crippen LogP contribution >= 0.6 is 11.3 Å². The Morgan fingerprint density at radius 1 is 1.00 bits per heavy atom. The number of aromatic nitrogens is 1. The quantitative estimate of drug-likeness (QED) is 0.132. The molecule has 1 aromatic rings. The number of nitrogens with one attached hydrogen (secondary N) is 2. The van der Waals surface area contributed by atoms with E-state index < -0.39 is 47.9 Å². The van der Waals surface area contributed by atoms with Gasteiger partial charge in [0, 0.05) is 24.4 Å². The first-order valence-corrected chi connectivity index (χ1v) is 19.8. The molecule has 296 valence electrons. The molecule has 0 unspecified atom stereocenters. The van der Waals surface area contributed by atoms with Gasteiger partial charge < -0.3 is 29.7 Å². The SMILES string of the molecule is CCCN(C(=O)[C@@H](NC(=O)[C@H]1CCCCN1C)[C@@H](C)CC)[C@H](C[C@@H](OC(=O)[C@@H](NC(=O)OC(C)(C)C)[C@@H](C)CC)c1nc(C(=O)OC)cs1)C(C)C. The number of alkyl carbamates (subject to hydrolysis) is 1. The summed E-state index contributed by atoms with van der Waals surface area (Å²) in [6.45, 7) is 20.2. The molecule has 0 radical (unpaired) electrons. The van der Waals surface area contributed by atoms with E-state index in [0.29, 0.717) is 30.8 Å². The topological polar surface area (TPSA) is 156 Å². The minimum Gasteiger partial charge on any atom is -0.464 e. The smallest absolute Gasteiger partial charge is 0.408 e. The third-order valence-corrected chi connectivity index (χ3v) is 10.7. The zero-order valence-corrected chi connectivity index (χ0v) is 34.4. The van der Waals surface area contributed by atoms with Gasteiger partial charge in [-0.25, -0.2) is 19.4 Å². The number of hydrogen-bond acceptors (Lipinski definition) is 11. The van der Waals surface area contributed by atoms with Crippen molar-refractivity contribution in [3.8, 4) is 0 Å². The number of amides is 3. The van der Waals surface area contributed by atoms with E-state index in [1.165, 1.54) is 7.11 Å². The van der Waals surface area contributed by atoms with Crippen LogP contribution in [0.4, 0.5) is 4.79 Å². The van der Waals surface area contributed by atoms with E-state index in [0.717, 1.165) is 37.1 Å². The van der Waals surface area contributed by atoms with Gasteiger partial charge in [-0.3, -0.25) is 14.5 Å². The molecule has 0 aromatic carbocycles. The molecule has 13 nitrogen and oxygen atoms in total. The fourth-order valence-electron chi connectivity index (χ4n) is 6.33. The Kier molecular flexibility index (Phi) is 18.0. The van der Waals surface area contributed by atoms with Crippen LogP contribution in [0.25, 0.3) is 0 Å². The molecule has 2 rings (SSSR count). The maximum Gasteiger partial charge on any atom is 0.408 e. The first-order valence-electron chi connectivity index (χ1n) is 18.9. The number of rotatable bonds is 18. The van der Waals surface area contributed by atoms with Crippen molar-refractivity contribution in [3.63, 3.8) is 0 Å². The largest absolute Gasteiger partial charge is 0.464 e. The summed E-state index contributed by atoms with van der Waals surface area (Å²) in [6.07, 6.45) is 3.09. The van der Waals surface area contributed by atoms with Gasteiger partial charge >= 0.3 is 18.0 Å². The van der Waals surface area contributed by atoms with Gasteiger partial charge in [-0.05, 0) is 71.4 Å². The first kappa shape index (κ1) is 44.9. The summed E-state index contributed by atoms with van der Waals surface area (Å²) < 4.78 is 16.6. The number of esters is 2. The standard InChI is InChI=1S/C38H65N5O8S/c1-13-19-43(34(45)30(24(6)14-2)40-32(44)27-18-16-17-20-42(27)11)28(23(4)5)21-29(33-39-26(22-52-33)35(46)49-12)50-36(47)31(25(7)15-3)41-37(48)51-38(8,9)10/h22-25,27-31H,13-21H2,1-12H3,(H,40,44)(H,41,48)/t24-,25-,27+,28+,29+,30-,31-/m0/s1. The first-order chi connectivity index (χ1) is 24.4. The molecule has 3 amide bonds. The molecule has 7 atom stereocenters. The fraction of sp³-hybridized carbons (Fsp3) is 0.789. The second-order valence-electron chi connectivity index (χ2n) is 15.4. The van der Waals surface area contributed by atoms with Crippen molar-refractivity contribution in [2.45, 2.75) is 150 Å². The number of methoxy groups -OCH3 is 1. The third-order valence-electron chi connectivity index (χ3n) is 9.81. The van der Waals surface area contributed by atoms with Crippen molar-refractivity contribution in [1.82, 2.24) is 25.4 Å². The van der Waals surface area contributed by atoms with Gasteiger partial charge in [-0.1, -0.05) is 67.7 Å². The van der Waals surface area contributed by atoms with Crippen molar-refractivity contribution in [1.29, 1.82) is 0 Å². The van der Waals surface area contributed by atoms with E-state index >= 15 is 0 Å². The Labute approximate surface area is 315 Å². The maximum absolute atomic E-state index is 14.7. The zero-order chi connectivity index (χ0) is 39.3. The minimum atomic E-state index is -1.03. The van der Waals surface area contributed by atoms with Crippen LogP contribution in [-0.2, 0) is 28.6 Å². The molecule has 2 heterocycles. The molecular weight excluding hydrogens is 687 g/mol. The lowest BCUT2D eigenvalue weighted by molar-refractivity contribution is -0.155. The summed E-state index contributed by atoms with van der Waals surface area (Å²) in [4.78, 5) is 75.9. The van der Waals surface area contributed by atoms with E-state index in [1.807, 2.05) is 60.4 Å². The molecule has 1 saturated heterocycles. The van der Waals surface area contributed by atoms with E-state index in [9.17, 15) is 24.0 Å². The third kappa shape index (κ3) is 13.0. The molecule has 52 heavy (non-hydrogen) atoms. The lowest BCUT2D eigenvalue weighted by Gasteiger charge is -2.40. The van der Waals surface area contributed by atoms with Crippen molar-refractivity contribution >= 4 is 41.2 Å². The molecule has 1 aliphatic rings. The van der Waals surface area contributed by atoms with Crippen molar-refractivity contribution < 1.29 is 38.2 Å². The van der Waals surface area contributed by atoms with Gasteiger partial charge in [-0.15, -0.1) is 11.3 Å². The Morgan fingerprint density at radius 2 is 1.63 bits per heavy atom. The van der Waals surface area contributed by atoms with Gasteiger partial charge in [-0.2, -0.15) is 0 Å². The van der Waals surface area contributed by atoms with Crippen LogP contribution < -0.4 is 10.6 Å². The number of nitrogens with zero attached hydrogens (tertiary/aromatic N) is 3. The number of likely N-dealkylation sites (tertiary alicyclic amines) is 1. The molecule has 1 fully saturated rings. The van der Waals surface area contributed by atoms with Crippen molar-refractivity contribution in [2.75, 3.05) is 27.2 Å². The van der Waals surface area contributed by atoms with Gasteiger partial charge in [0.2, 0.25) is 11.8 Å². The van der Waals surface area contributed by atoms with Crippen molar-refractivity contribution in [2.24, 2.45) is 17.8 Å². The molecule has 0 aliphatic carbocycles. The zero-order valence-electron chi connectivity index (χ0n) is 33.6. The molecule has 2 N–H and O–H groups in total. The normalized spacial score (nSPS) is 18.7. The highest BCUT2D eigenvalue weighted by Crippen LogP contribution is 2.33. The maximum atomic E-state index is 14.7. The number of likely N-dealkylation sites (N-methyl/N-ethyl adjacent to an activating group) is 1. The van der Waals surface area contributed by atoms with Gasteiger partial charge in [0.25, 0.3) is 0 Å². The van der Waals surface area contributed by atoms with Crippen LogP contribution in [-0.4, -0.2) is 102 Å². The van der Waals surface area contributed by atoms with E-state index in [-0.39, 0.29) is 47.7 Å².